The number of carbonyl (C=O) groups excluding carboxylic acids is 2. The van der Waals surface area contributed by atoms with Gasteiger partial charge in [-0.1, -0.05) is 31.4 Å². The van der Waals surface area contributed by atoms with Crippen LogP contribution >= 0.6 is 11.6 Å². The number of anilines is 2. The fourth-order valence-corrected chi connectivity index (χ4v) is 4.21. The van der Waals surface area contributed by atoms with Crippen LogP contribution in [0.4, 0.5) is 15.8 Å². The largest absolute Gasteiger partial charge is 0.323 e. The number of aromatic nitrogens is 1. The van der Waals surface area contributed by atoms with E-state index in [1.165, 1.54) is 25.5 Å². The molecule has 1 aliphatic carbocycles. The van der Waals surface area contributed by atoms with Gasteiger partial charge in [-0.3, -0.25) is 14.6 Å². The lowest BCUT2D eigenvalue weighted by Crippen LogP contribution is -2.35. The van der Waals surface area contributed by atoms with Gasteiger partial charge in [0.2, 0.25) is 11.8 Å². The zero-order valence-corrected chi connectivity index (χ0v) is 17.9. The SMILES string of the molecule is CC(=O)Nc1c(N(CCc2cccc(F)c2)C(=O)CCl)ccnc1C1CCCCC1. The molecule has 1 aliphatic rings. The molecule has 30 heavy (non-hydrogen) atoms. The van der Waals surface area contributed by atoms with E-state index in [9.17, 15) is 14.0 Å². The fraction of sp³-hybridized carbons (Fsp3) is 0.435. The molecule has 0 radical (unpaired) electrons. The van der Waals surface area contributed by atoms with E-state index in [2.05, 4.69) is 10.3 Å². The summed E-state index contributed by atoms with van der Waals surface area (Å²) < 4.78 is 13.5. The molecular weight excluding hydrogens is 405 g/mol. The van der Waals surface area contributed by atoms with Crippen LogP contribution < -0.4 is 10.2 Å². The highest BCUT2D eigenvalue weighted by Crippen LogP contribution is 2.39. The molecule has 1 saturated carbocycles. The number of halogens is 2. The molecule has 0 aliphatic heterocycles. The maximum absolute atomic E-state index is 13.5. The number of carbonyl (C=O) groups is 2. The second-order valence-electron chi connectivity index (χ2n) is 7.67. The van der Waals surface area contributed by atoms with Gasteiger partial charge in [-0.15, -0.1) is 11.6 Å². The first-order valence-electron chi connectivity index (χ1n) is 10.4. The fourth-order valence-electron chi connectivity index (χ4n) is 4.07. The molecule has 2 aromatic rings. The van der Waals surface area contributed by atoms with Crippen molar-refractivity contribution in [3.63, 3.8) is 0 Å². The number of benzene rings is 1. The van der Waals surface area contributed by atoms with Gasteiger partial charge in [-0.25, -0.2) is 4.39 Å². The van der Waals surface area contributed by atoms with Gasteiger partial charge in [-0.2, -0.15) is 0 Å². The normalized spacial score (nSPS) is 14.4. The van der Waals surface area contributed by atoms with Gasteiger partial charge in [-0.05, 0) is 43.0 Å². The number of hydrogen-bond acceptors (Lipinski definition) is 3. The number of rotatable bonds is 7. The Balaban J connectivity index is 1.96. The molecule has 0 unspecified atom stereocenters. The molecule has 2 amide bonds. The second-order valence-corrected chi connectivity index (χ2v) is 7.93. The zero-order chi connectivity index (χ0) is 21.5. The molecule has 160 valence electrons. The Hall–Kier alpha value is -2.47. The van der Waals surface area contributed by atoms with Crippen molar-refractivity contribution in [2.45, 2.75) is 51.4 Å². The van der Waals surface area contributed by atoms with E-state index in [0.29, 0.717) is 24.3 Å². The summed E-state index contributed by atoms with van der Waals surface area (Å²) in [6.45, 7) is 1.76. The molecule has 1 heterocycles. The monoisotopic (exact) mass is 431 g/mol. The molecule has 7 heteroatoms. The van der Waals surface area contributed by atoms with Crippen molar-refractivity contribution in [3.8, 4) is 0 Å². The molecule has 0 spiro atoms. The molecule has 0 atom stereocenters. The van der Waals surface area contributed by atoms with Crippen LogP contribution in [0.3, 0.4) is 0 Å². The molecular formula is C23H27ClFN3O2. The number of pyridine rings is 1. The standard InChI is InChI=1S/C23H27ClFN3O2/c1-16(29)27-23-20(10-12-26-22(23)18-7-3-2-4-8-18)28(21(30)15-24)13-11-17-6-5-9-19(25)14-17/h5-6,9-10,12,14,18H,2-4,7-8,11,13,15H2,1H3,(H,27,29). The van der Waals surface area contributed by atoms with Gasteiger partial charge in [0.05, 0.1) is 17.1 Å². The first kappa shape index (κ1) is 22.2. The Bertz CT molecular complexity index is 900. The number of hydrogen-bond donors (Lipinski definition) is 1. The quantitative estimate of drug-likeness (QED) is 0.624. The van der Waals surface area contributed by atoms with E-state index in [0.717, 1.165) is 36.9 Å². The summed E-state index contributed by atoms with van der Waals surface area (Å²) >= 11 is 5.90. The van der Waals surface area contributed by atoms with Crippen LogP contribution in [0.15, 0.2) is 36.5 Å². The van der Waals surface area contributed by atoms with E-state index in [-0.39, 0.29) is 29.4 Å². The van der Waals surface area contributed by atoms with Crippen LogP contribution in [0.25, 0.3) is 0 Å². The third kappa shape index (κ3) is 5.57. The highest BCUT2D eigenvalue weighted by Gasteiger charge is 2.26. The van der Waals surface area contributed by atoms with Crippen LogP contribution in [0.2, 0.25) is 0 Å². The maximum atomic E-state index is 13.5. The topological polar surface area (TPSA) is 62.3 Å². The van der Waals surface area contributed by atoms with Crippen LogP contribution in [-0.2, 0) is 16.0 Å². The van der Waals surface area contributed by atoms with Crippen molar-refractivity contribution < 1.29 is 14.0 Å². The predicted octanol–water partition coefficient (Wildman–Crippen LogP) is 5.04. The summed E-state index contributed by atoms with van der Waals surface area (Å²) in [5.74, 6) is -0.754. The van der Waals surface area contributed by atoms with Gasteiger partial charge >= 0.3 is 0 Å². The first-order valence-corrected chi connectivity index (χ1v) is 10.9. The molecule has 1 aromatic heterocycles. The lowest BCUT2D eigenvalue weighted by molar-refractivity contribution is -0.116. The molecule has 0 saturated heterocycles. The van der Waals surface area contributed by atoms with Gasteiger partial charge in [0.15, 0.2) is 0 Å². The summed E-state index contributed by atoms with van der Waals surface area (Å²) in [6.07, 6.45) is 7.62. The predicted molar refractivity (Wildman–Crippen MR) is 118 cm³/mol. The smallest absolute Gasteiger partial charge is 0.241 e. The number of nitrogens with one attached hydrogen (secondary N) is 1. The minimum Gasteiger partial charge on any atom is -0.323 e. The van der Waals surface area contributed by atoms with Crippen molar-refractivity contribution in [1.29, 1.82) is 0 Å². The second kappa shape index (κ2) is 10.5. The van der Waals surface area contributed by atoms with Crippen LogP contribution in [0.5, 0.6) is 0 Å². The number of amides is 2. The Labute approximate surface area is 181 Å². The maximum Gasteiger partial charge on any atom is 0.241 e. The minimum absolute atomic E-state index is 0.191. The highest BCUT2D eigenvalue weighted by molar-refractivity contribution is 6.29. The van der Waals surface area contributed by atoms with Gasteiger partial charge in [0, 0.05) is 25.6 Å². The van der Waals surface area contributed by atoms with E-state index < -0.39 is 0 Å². The van der Waals surface area contributed by atoms with Crippen molar-refractivity contribution in [2.24, 2.45) is 0 Å². The average Bonchev–Trinajstić information content (AvgIpc) is 2.74. The zero-order valence-electron chi connectivity index (χ0n) is 17.2. The Kier molecular flexibility index (Phi) is 7.80. The first-order chi connectivity index (χ1) is 14.5. The summed E-state index contributed by atoms with van der Waals surface area (Å²) in [6, 6.07) is 8.04. The van der Waals surface area contributed by atoms with Crippen molar-refractivity contribution in [2.75, 3.05) is 22.6 Å². The van der Waals surface area contributed by atoms with E-state index in [1.54, 1.807) is 23.2 Å². The lowest BCUT2D eigenvalue weighted by atomic mass is 9.85. The molecule has 1 aromatic carbocycles. The average molecular weight is 432 g/mol. The number of alkyl halides is 1. The van der Waals surface area contributed by atoms with Crippen LogP contribution in [0.1, 0.15) is 56.2 Å². The molecule has 1 fully saturated rings. The number of nitrogens with zero attached hydrogens (tertiary/aromatic N) is 2. The van der Waals surface area contributed by atoms with Gasteiger partial charge in [0.1, 0.15) is 11.7 Å². The molecule has 3 rings (SSSR count). The molecule has 1 N–H and O–H groups in total. The van der Waals surface area contributed by atoms with E-state index in [4.69, 9.17) is 11.6 Å². The van der Waals surface area contributed by atoms with Crippen LogP contribution in [0, 0.1) is 5.82 Å². The summed E-state index contributed by atoms with van der Waals surface area (Å²) in [5.41, 5.74) is 2.77. The Morgan fingerprint density at radius 1 is 1.23 bits per heavy atom. The summed E-state index contributed by atoms with van der Waals surface area (Å²) in [5, 5.41) is 2.91. The van der Waals surface area contributed by atoms with Crippen molar-refractivity contribution in [1.82, 2.24) is 4.98 Å². The van der Waals surface area contributed by atoms with Crippen LogP contribution in [-0.4, -0.2) is 29.2 Å². The van der Waals surface area contributed by atoms with Crippen molar-refractivity contribution >= 4 is 34.8 Å². The summed E-state index contributed by atoms with van der Waals surface area (Å²) in [4.78, 5) is 30.8. The van der Waals surface area contributed by atoms with Crippen molar-refractivity contribution in [3.05, 3.63) is 53.6 Å². The van der Waals surface area contributed by atoms with Gasteiger partial charge < -0.3 is 10.2 Å². The van der Waals surface area contributed by atoms with Gasteiger partial charge in [0.25, 0.3) is 0 Å². The third-order valence-electron chi connectivity index (χ3n) is 5.47. The molecule has 0 bridgehead atoms. The summed E-state index contributed by atoms with van der Waals surface area (Å²) in [7, 11) is 0. The van der Waals surface area contributed by atoms with E-state index in [1.807, 2.05) is 6.07 Å². The minimum atomic E-state index is -0.315. The van der Waals surface area contributed by atoms with E-state index >= 15 is 0 Å². The lowest BCUT2D eigenvalue weighted by Gasteiger charge is -2.29. The Morgan fingerprint density at radius 3 is 2.67 bits per heavy atom. The third-order valence-corrected chi connectivity index (χ3v) is 5.70. The Morgan fingerprint density at radius 2 is 2.00 bits per heavy atom. The highest BCUT2D eigenvalue weighted by atomic mass is 35.5. The molecule has 5 nitrogen and oxygen atoms in total.